The molecule has 0 spiro atoms. The average molecular weight is 174 g/mol. The molecule has 0 saturated carbocycles. The van der Waals surface area contributed by atoms with E-state index in [1.165, 1.54) is 12.8 Å². The van der Waals surface area contributed by atoms with Crippen molar-refractivity contribution in [1.29, 1.82) is 0 Å². The van der Waals surface area contributed by atoms with E-state index in [4.69, 9.17) is 0 Å². The van der Waals surface area contributed by atoms with E-state index in [1.807, 2.05) is 0 Å². The second kappa shape index (κ2) is 6.90. The van der Waals surface area contributed by atoms with E-state index in [9.17, 15) is 0 Å². The van der Waals surface area contributed by atoms with Crippen LogP contribution in [-0.2, 0) is 0 Å². The predicted molar refractivity (Wildman–Crippen MR) is 59.2 cm³/mol. The highest BCUT2D eigenvalue weighted by Gasteiger charge is 2.19. The maximum absolute atomic E-state index is 2.42. The van der Waals surface area contributed by atoms with Gasteiger partial charge in [0.2, 0.25) is 0 Å². The van der Waals surface area contributed by atoms with E-state index in [2.05, 4.69) is 47.7 Å². The van der Waals surface area contributed by atoms with Gasteiger partial charge in [0.25, 0.3) is 0 Å². The van der Waals surface area contributed by atoms with Crippen molar-refractivity contribution in [2.75, 3.05) is 0 Å². The molecule has 0 nitrogen and oxygen atoms in total. The van der Waals surface area contributed by atoms with Crippen molar-refractivity contribution in [2.24, 2.45) is 0 Å². The zero-order valence-electron chi connectivity index (χ0n) is 9.49. The quantitative estimate of drug-likeness (QED) is 0.553. The molecule has 0 aliphatic rings. The number of hydrogen-bond donors (Lipinski definition) is 0. The predicted octanol–water partition coefficient (Wildman–Crippen LogP) is 4.08. The molecule has 0 aliphatic carbocycles. The Morgan fingerprint density at radius 1 is 1.00 bits per heavy atom. The molecule has 0 heterocycles. The molecule has 0 unspecified atom stereocenters. The Kier molecular flexibility index (Phi) is 8.64. The van der Waals surface area contributed by atoms with Crippen LogP contribution in [0, 0.1) is 0 Å². The van der Waals surface area contributed by atoms with Crippen molar-refractivity contribution in [3.05, 3.63) is 0 Å². The molecule has 0 amide bonds. The van der Waals surface area contributed by atoms with Crippen LogP contribution in [0.15, 0.2) is 0 Å². The van der Waals surface area contributed by atoms with Crippen molar-refractivity contribution in [3.63, 3.8) is 0 Å². The standard InChI is InChI=1S/C7H18Si.C3H8/c1-6-7(2,3)8(4)5;1-3-2/h8H,6H2,1-5H3;3H2,1-2H3. The van der Waals surface area contributed by atoms with Crippen LogP contribution in [0.25, 0.3) is 0 Å². The third kappa shape index (κ3) is 8.12. The van der Waals surface area contributed by atoms with Gasteiger partial charge in [-0.15, -0.1) is 0 Å². The van der Waals surface area contributed by atoms with Gasteiger partial charge in [-0.2, -0.15) is 0 Å². The van der Waals surface area contributed by atoms with Crippen LogP contribution >= 0.6 is 0 Å². The summed E-state index contributed by atoms with van der Waals surface area (Å²) in [6.07, 6.45) is 2.59. The first kappa shape index (κ1) is 13.8. The van der Waals surface area contributed by atoms with Crippen molar-refractivity contribution in [3.8, 4) is 0 Å². The molecule has 0 aromatic rings. The topological polar surface area (TPSA) is 0 Å². The molecule has 0 N–H and O–H groups in total. The van der Waals surface area contributed by atoms with Crippen molar-refractivity contribution >= 4 is 8.80 Å². The van der Waals surface area contributed by atoms with E-state index in [0.29, 0.717) is 5.04 Å². The van der Waals surface area contributed by atoms with Crippen LogP contribution in [0.1, 0.15) is 47.5 Å². The molecule has 0 radical (unpaired) electrons. The Hall–Kier alpha value is 0.217. The second-order valence-corrected chi connectivity index (χ2v) is 8.08. The second-order valence-electron chi connectivity index (χ2n) is 4.20. The molecule has 0 rings (SSSR count). The van der Waals surface area contributed by atoms with Gasteiger partial charge in [-0.05, 0) is 5.04 Å². The summed E-state index contributed by atoms with van der Waals surface area (Å²) in [4.78, 5) is 0. The Labute approximate surface area is 75.0 Å². The Bertz CT molecular complexity index is 74.9. The lowest BCUT2D eigenvalue weighted by Crippen LogP contribution is -2.19. The summed E-state index contributed by atoms with van der Waals surface area (Å²) in [5.41, 5.74) is 0. The van der Waals surface area contributed by atoms with Crippen molar-refractivity contribution < 1.29 is 0 Å². The fourth-order valence-corrected chi connectivity index (χ4v) is 1.22. The summed E-state index contributed by atoms with van der Waals surface area (Å²) in [7, 11) is -0.380. The van der Waals surface area contributed by atoms with E-state index in [0.717, 1.165) is 0 Å². The van der Waals surface area contributed by atoms with Gasteiger partial charge in [0.15, 0.2) is 0 Å². The number of rotatable bonds is 2. The van der Waals surface area contributed by atoms with Gasteiger partial charge in [0.1, 0.15) is 0 Å². The molecular formula is C10H26Si. The third-order valence-electron chi connectivity index (χ3n) is 2.47. The maximum atomic E-state index is 2.42. The first-order valence-electron chi connectivity index (χ1n) is 4.92. The highest BCUT2D eigenvalue weighted by molar-refractivity contribution is 6.59. The summed E-state index contributed by atoms with van der Waals surface area (Å²) in [6.45, 7) is 16.1. The lowest BCUT2D eigenvalue weighted by Gasteiger charge is -2.25. The van der Waals surface area contributed by atoms with Crippen molar-refractivity contribution in [1.82, 2.24) is 0 Å². The maximum Gasteiger partial charge on any atom is 0.0364 e. The van der Waals surface area contributed by atoms with Gasteiger partial charge in [-0.3, -0.25) is 0 Å². The Morgan fingerprint density at radius 2 is 1.27 bits per heavy atom. The third-order valence-corrected chi connectivity index (χ3v) is 6.01. The normalized spacial score (nSPS) is 10.9. The highest BCUT2D eigenvalue weighted by Crippen LogP contribution is 2.31. The Morgan fingerprint density at radius 3 is 1.27 bits per heavy atom. The zero-order chi connectivity index (χ0) is 9.49. The van der Waals surface area contributed by atoms with E-state index < -0.39 is 0 Å². The van der Waals surface area contributed by atoms with Crippen LogP contribution < -0.4 is 0 Å². The summed E-state index contributed by atoms with van der Waals surface area (Å²) in [6, 6.07) is 0. The lowest BCUT2D eigenvalue weighted by molar-refractivity contribution is 0.634. The van der Waals surface area contributed by atoms with Gasteiger partial charge in [0.05, 0.1) is 0 Å². The van der Waals surface area contributed by atoms with Gasteiger partial charge in [-0.25, -0.2) is 0 Å². The van der Waals surface area contributed by atoms with E-state index in [-0.39, 0.29) is 8.80 Å². The largest absolute Gasteiger partial charge is 0.0718 e. The summed E-state index contributed by atoms with van der Waals surface area (Å²) < 4.78 is 0. The molecule has 11 heavy (non-hydrogen) atoms. The van der Waals surface area contributed by atoms with Crippen molar-refractivity contribution in [2.45, 2.75) is 65.6 Å². The first-order chi connectivity index (χ1) is 4.92. The van der Waals surface area contributed by atoms with E-state index in [1.54, 1.807) is 0 Å². The number of hydrogen-bond acceptors (Lipinski definition) is 0. The minimum absolute atomic E-state index is 0.380. The zero-order valence-corrected chi connectivity index (χ0v) is 10.6. The lowest BCUT2D eigenvalue weighted by atomic mass is 10.1. The fourth-order valence-electron chi connectivity index (χ4n) is 0.408. The summed E-state index contributed by atoms with van der Waals surface area (Å²) >= 11 is 0. The highest BCUT2D eigenvalue weighted by atomic mass is 28.3. The molecule has 0 bridgehead atoms. The molecule has 1 heteroatoms. The summed E-state index contributed by atoms with van der Waals surface area (Å²) in [5, 5.41) is 0.681. The minimum Gasteiger partial charge on any atom is -0.0718 e. The van der Waals surface area contributed by atoms with Crippen LogP contribution in [0.3, 0.4) is 0 Å². The Balaban J connectivity index is 0. The monoisotopic (exact) mass is 174 g/mol. The minimum atomic E-state index is -0.380. The molecule has 0 atom stereocenters. The molecule has 0 saturated heterocycles. The SMILES string of the molecule is CCC.CCC(C)(C)[SiH](C)C. The van der Waals surface area contributed by atoms with Gasteiger partial charge < -0.3 is 0 Å². The van der Waals surface area contributed by atoms with Gasteiger partial charge in [-0.1, -0.05) is 60.6 Å². The van der Waals surface area contributed by atoms with Gasteiger partial charge >= 0.3 is 0 Å². The smallest absolute Gasteiger partial charge is 0.0364 e. The van der Waals surface area contributed by atoms with E-state index >= 15 is 0 Å². The summed E-state index contributed by atoms with van der Waals surface area (Å²) in [5.74, 6) is 0. The molecule has 70 valence electrons. The molecule has 0 fully saturated rings. The molecule has 0 aliphatic heterocycles. The molecular weight excluding hydrogens is 148 g/mol. The average Bonchev–Trinajstić information content (AvgIpc) is 1.89. The van der Waals surface area contributed by atoms with Crippen LogP contribution in [0.4, 0.5) is 0 Å². The fraction of sp³-hybridized carbons (Fsp3) is 1.00. The van der Waals surface area contributed by atoms with Crippen LogP contribution in [0.5, 0.6) is 0 Å². The molecule has 0 aromatic heterocycles. The van der Waals surface area contributed by atoms with Gasteiger partial charge in [0, 0.05) is 8.80 Å². The molecule has 0 aromatic carbocycles. The van der Waals surface area contributed by atoms with Crippen LogP contribution in [0.2, 0.25) is 18.1 Å². The van der Waals surface area contributed by atoms with Crippen LogP contribution in [-0.4, -0.2) is 8.80 Å². The first-order valence-corrected chi connectivity index (χ1v) is 7.81.